The third-order valence-corrected chi connectivity index (χ3v) is 5.90. The summed E-state index contributed by atoms with van der Waals surface area (Å²) in [6, 6.07) is 4.23. The van der Waals surface area contributed by atoms with E-state index < -0.39 is 6.61 Å². The van der Waals surface area contributed by atoms with Gasteiger partial charge in [0.05, 0.1) is 17.9 Å². The number of nitrogens with one attached hydrogen (secondary N) is 1. The van der Waals surface area contributed by atoms with E-state index in [4.69, 9.17) is 15.2 Å². The second-order valence-electron chi connectivity index (χ2n) is 8.48. The highest BCUT2D eigenvalue weighted by molar-refractivity contribution is 5.59. The van der Waals surface area contributed by atoms with Gasteiger partial charge in [0, 0.05) is 25.2 Å². The second kappa shape index (κ2) is 7.05. The van der Waals surface area contributed by atoms with Gasteiger partial charge in [-0.1, -0.05) is 0 Å². The number of pyridine rings is 1. The molecule has 27 heavy (non-hydrogen) atoms. The highest BCUT2D eigenvalue weighted by atomic mass is 19.3. The molecule has 8 heteroatoms. The average Bonchev–Trinajstić information content (AvgIpc) is 2.51. The predicted octanol–water partition coefficient (Wildman–Crippen LogP) is 2.98. The Labute approximate surface area is 158 Å². The largest absolute Gasteiger partial charge is 0.415 e. The fourth-order valence-corrected chi connectivity index (χ4v) is 4.95. The topological polar surface area (TPSA) is 72.6 Å². The SMILES string of the molecule is CC1CN(c2ccc(NC3CC4(CC(N)C4)C3)c(OC(F)F)n2)CC(C)O1. The molecule has 1 aromatic rings. The van der Waals surface area contributed by atoms with Gasteiger partial charge in [0.2, 0.25) is 5.88 Å². The first kappa shape index (κ1) is 18.7. The molecule has 3 fully saturated rings. The number of aromatic nitrogens is 1. The van der Waals surface area contributed by atoms with Crippen LogP contribution in [0.5, 0.6) is 5.88 Å². The number of alkyl halides is 2. The van der Waals surface area contributed by atoms with Crippen molar-refractivity contribution < 1.29 is 18.3 Å². The molecule has 4 rings (SSSR count). The summed E-state index contributed by atoms with van der Waals surface area (Å²) in [6.45, 7) is 2.42. The highest BCUT2D eigenvalue weighted by Gasteiger charge is 2.51. The number of rotatable bonds is 5. The number of nitrogens with two attached hydrogens (primary N) is 1. The molecule has 2 heterocycles. The second-order valence-corrected chi connectivity index (χ2v) is 8.48. The van der Waals surface area contributed by atoms with Crippen LogP contribution in [0.15, 0.2) is 12.1 Å². The van der Waals surface area contributed by atoms with E-state index in [-0.39, 0.29) is 24.1 Å². The minimum absolute atomic E-state index is 0.0411. The molecule has 0 radical (unpaired) electrons. The third-order valence-electron chi connectivity index (χ3n) is 5.90. The molecule has 1 saturated heterocycles. The molecular weight excluding hydrogens is 354 g/mol. The van der Waals surface area contributed by atoms with Crippen LogP contribution in [0, 0.1) is 5.41 Å². The van der Waals surface area contributed by atoms with Crippen molar-refractivity contribution in [2.24, 2.45) is 11.1 Å². The van der Waals surface area contributed by atoms with E-state index >= 15 is 0 Å². The first-order valence-electron chi connectivity index (χ1n) is 9.70. The summed E-state index contributed by atoms with van der Waals surface area (Å²) in [5.74, 6) is 0.591. The van der Waals surface area contributed by atoms with E-state index in [2.05, 4.69) is 15.2 Å². The van der Waals surface area contributed by atoms with E-state index in [1.54, 1.807) is 6.07 Å². The molecule has 1 aromatic heterocycles. The van der Waals surface area contributed by atoms with E-state index in [1.807, 2.05) is 19.9 Å². The first-order valence-corrected chi connectivity index (χ1v) is 9.70. The maximum atomic E-state index is 12.9. The fourth-order valence-electron chi connectivity index (χ4n) is 4.95. The quantitative estimate of drug-likeness (QED) is 0.816. The van der Waals surface area contributed by atoms with Crippen molar-refractivity contribution in [1.82, 2.24) is 4.98 Å². The molecule has 1 aliphatic heterocycles. The lowest BCUT2D eigenvalue weighted by Crippen LogP contribution is -2.57. The summed E-state index contributed by atoms with van der Waals surface area (Å²) in [7, 11) is 0. The van der Waals surface area contributed by atoms with Gasteiger partial charge in [-0.05, 0) is 57.1 Å². The van der Waals surface area contributed by atoms with Crippen LogP contribution >= 0.6 is 0 Å². The van der Waals surface area contributed by atoms with Gasteiger partial charge in [-0.3, -0.25) is 0 Å². The normalized spacial score (nSPS) is 35.7. The summed E-state index contributed by atoms with van der Waals surface area (Å²) >= 11 is 0. The van der Waals surface area contributed by atoms with Crippen LogP contribution in [-0.2, 0) is 4.74 Å². The van der Waals surface area contributed by atoms with Crippen LogP contribution < -0.4 is 20.7 Å². The van der Waals surface area contributed by atoms with Gasteiger partial charge in [0.1, 0.15) is 5.82 Å². The predicted molar refractivity (Wildman–Crippen MR) is 99.4 cm³/mol. The third kappa shape index (κ3) is 3.96. The number of halogens is 2. The van der Waals surface area contributed by atoms with E-state index in [0.717, 1.165) is 25.7 Å². The molecule has 0 bridgehead atoms. The average molecular weight is 382 g/mol. The van der Waals surface area contributed by atoms with Gasteiger partial charge in [-0.2, -0.15) is 13.8 Å². The molecule has 1 spiro atoms. The maximum Gasteiger partial charge on any atom is 0.388 e. The van der Waals surface area contributed by atoms with Crippen LogP contribution in [0.1, 0.15) is 39.5 Å². The highest BCUT2D eigenvalue weighted by Crippen LogP contribution is 2.56. The molecule has 2 saturated carbocycles. The summed E-state index contributed by atoms with van der Waals surface area (Å²) < 4.78 is 36.3. The minimum Gasteiger partial charge on any atom is -0.415 e. The van der Waals surface area contributed by atoms with Gasteiger partial charge >= 0.3 is 6.61 Å². The smallest absolute Gasteiger partial charge is 0.388 e. The molecule has 0 aromatic carbocycles. The van der Waals surface area contributed by atoms with E-state index in [0.29, 0.717) is 36.1 Å². The molecule has 2 aliphatic carbocycles. The van der Waals surface area contributed by atoms with Crippen molar-refractivity contribution >= 4 is 11.5 Å². The van der Waals surface area contributed by atoms with Crippen molar-refractivity contribution in [2.45, 2.75) is 70.4 Å². The van der Waals surface area contributed by atoms with Crippen molar-refractivity contribution in [3.8, 4) is 5.88 Å². The van der Waals surface area contributed by atoms with Crippen molar-refractivity contribution in [3.63, 3.8) is 0 Å². The van der Waals surface area contributed by atoms with Gasteiger partial charge < -0.3 is 25.4 Å². The standard InChI is InChI=1S/C19H28F2N4O2/c1-11-9-25(10-12(2)26-11)16-4-3-15(17(24-16)27-18(20)21)23-14-7-19(8-14)5-13(22)6-19/h3-4,11-14,18,23H,5-10,22H2,1-2H3. The number of morpholine rings is 1. The number of anilines is 2. The van der Waals surface area contributed by atoms with Gasteiger partial charge in [0.15, 0.2) is 0 Å². The lowest BCUT2D eigenvalue weighted by Gasteiger charge is -2.57. The summed E-state index contributed by atoms with van der Waals surface area (Å²) in [6.07, 6.45) is 4.30. The van der Waals surface area contributed by atoms with Crippen LogP contribution in [-0.4, -0.2) is 49.0 Å². The number of hydrogen-bond acceptors (Lipinski definition) is 6. The lowest BCUT2D eigenvalue weighted by atomic mass is 9.52. The Morgan fingerprint density at radius 2 is 1.89 bits per heavy atom. The van der Waals surface area contributed by atoms with Crippen LogP contribution in [0.25, 0.3) is 0 Å². The Kier molecular flexibility index (Phi) is 4.88. The minimum atomic E-state index is -2.91. The molecular formula is C19H28F2N4O2. The Hall–Kier alpha value is -1.67. The fraction of sp³-hybridized carbons (Fsp3) is 0.737. The summed E-state index contributed by atoms with van der Waals surface area (Å²) in [5, 5.41) is 3.33. The molecule has 0 amide bonds. The van der Waals surface area contributed by atoms with Crippen molar-refractivity contribution in [3.05, 3.63) is 12.1 Å². The first-order chi connectivity index (χ1) is 12.8. The Morgan fingerprint density at radius 1 is 1.22 bits per heavy atom. The zero-order valence-corrected chi connectivity index (χ0v) is 15.8. The maximum absolute atomic E-state index is 12.9. The Balaban J connectivity index is 1.46. The molecule has 2 unspecified atom stereocenters. The van der Waals surface area contributed by atoms with Crippen LogP contribution in [0.2, 0.25) is 0 Å². The molecule has 6 nitrogen and oxygen atoms in total. The van der Waals surface area contributed by atoms with Crippen LogP contribution in [0.4, 0.5) is 20.3 Å². The number of ether oxygens (including phenoxy) is 2. The van der Waals surface area contributed by atoms with Crippen molar-refractivity contribution in [1.29, 1.82) is 0 Å². The zero-order valence-electron chi connectivity index (χ0n) is 15.8. The Morgan fingerprint density at radius 3 is 2.48 bits per heavy atom. The number of hydrogen-bond donors (Lipinski definition) is 2. The van der Waals surface area contributed by atoms with Crippen molar-refractivity contribution in [2.75, 3.05) is 23.3 Å². The van der Waals surface area contributed by atoms with Crippen LogP contribution in [0.3, 0.4) is 0 Å². The van der Waals surface area contributed by atoms with E-state index in [1.165, 1.54) is 0 Å². The van der Waals surface area contributed by atoms with Gasteiger partial charge in [0.25, 0.3) is 0 Å². The van der Waals surface area contributed by atoms with Gasteiger partial charge in [-0.15, -0.1) is 0 Å². The summed E-state index contributed by atoms with van der Waals surface area (Å²) in [4.78, 5) is 6.44. The summed E-state index contributed by atoms with van der Waals surface area (Å²) in [5.41, 5.74) is 6.79. The molecule has 3 N–H and O–H groups in total. The zero-order chi connectivity index (χ0) is 19.2. The lowest BCUT2D eigenvalue weighted by molar-refractivity contribution is -0.0526. The number of nitrogens with zero attached hydrogens (tertiary/aromatic N) is 2. The molecule has 3 aliphatic rings. The van der Waals surface area contributed by atoms with Gasteiger partial charge in [-0.25, -0.2) is 0 Å². The molecule has 2 atom stereocenters. The Bertz CT molecular complexity index is 666. The monoisotopic (exact) mass is 382 g/mol. The van der Waals surface area contributed by atoms with E-state index in [9.17, 15) is 8.78 Å². The molecule has 150 valence electrons.